The number of benzene rings is 2. The molecule has 1 fully saturated rings. The van der Waals surface area contributed by atoms with Gasteiger partial charge in [0.15, 0.2) is 0 Å². The molecule has 0 aromatic heterocycles. The van der Waals surface area contributed by atoms with E-state index < -0.39 is 28.2 Å². The van der Waals surface area contributed by atoms with E-state index in [1.807, 2.05) is 70.2 Å². The first kappa shape index (κ1) is 22.4. The van der Waals surface area contributed by atoms with Crippen LogP contribution >= 0.6 is 0 Å². The molecule has 2 aromatic rings. The summed E-state index contributed by atoms with van der Waals surface area (Å²) < 4.78 is 13.4. The minimum Gasteiger partial charge on any atom is -0.392 e. The van der Waals surface area contributed by atoms with Gasteiger partial charge in [0.05, 0.1) is 28.4 Å². The lowest BCUT2D eigenvalue weighted by Gasteiger charge is -2.36. The van der Waals surface area contributed by atoms with Crippen molar-refractivity contribution in [1.82, 2.24) is 0 Å². The van der Waals surface area contributed by atoms with E-state index in [1.54, 1.807) is 6.07 Å². The molecule has 158 valence electrons. The molecule has 0 spiro atoms. The Kier molecular flexibility index (Phi) is 6.59. The summed E-state index contributed by atoms with van der Waals surface area (Å²) in [5, 5.41) is 21.1. The van der Waals surface area contributed by atoms with Crippen LogP contribution in [0.15, 0.2) is 58.3 Å². The maximum absolute atomic E-state index is 13.4. The third kappa shape index (κ3) is 3.99. The highest BCUT2D eigenvalue weighted by Gasteiger charge is 2.51. The topological polar surface area (TPSA) is 78.2 Å². The van der Waals surface area contributed by atoms with Gasteiger partial charge in [0.1, 0.15) is 5.78 Å². The smallest absolute Gasteiger partial charge is 0.138 e. The monoisotopic (exact) mass is 423 g/mol. The van der Waals surface area contributed by atoms with Crippen molar-refractivity contribution >= 4 is 16.6 Å². The summed E-state index contributed by atoms with van der Waals surface area (Å²) in [4.78, 5) is 13.9. The highest BCUT2D eigenvalue weighted by molar-refractivity contribution is 7.85. The van der Waals surface area contributed by atoms with E-state index in [-0.39, 0.29) is 17.6 Å². The van der Waals surface area contributed by atoms with E-state index >= 15 is 0 Å². The summed E-state index contributed by atoms with van der Waals surface area (Å²) in [6.45, 7) is 7.57. The van der Waals surface area contributed by atoms with Crippen LogP contribution in [0.4, 0.5) is 0 Å². The molecule has 30 heavy (non-hydrogen) atoms. The summed E-state index contributed by atoms with van der Waals surface area (Å²) >= 11 is 0. The maximum atomic E-state index is 13.4. The SMILES string of the molecule is Cc1ccc([S@](=O)c2ccccc2[C@](C)(C#N)[C@H]2CCC(=O)[C@@H]2[C@H](O)C(C)C)cc1. The fourth-order valence-electron chi connectivity index (χ4n) is 4.55. The standard InChI is InChI=1S/C25H29NO3S/c1-16(2)24(28)23-20(13-14-21(23)27)25(4,15-26)19-7-5-6-8-22(19)30(29)18-11-9-17(3)10-12-18/h5-12,16,20,23-24,28H,13-14H2,1-4H3/t20-,23+,24+,25-,30-/m0/s1. The van der Waals surface area contributed by atoms with E-state index in [2.05, 4.69) is 6.07 Å². The van der Waals surface area contributed by atoms with Crippen LogP contribution in [0.3, 0.4) is 0 Å². The second-order valence-electron chi connectivity index (χ2n) is 8.76. The van der Waals surface area contributed by atoms with Crippen LogP contribution < -0.4 is 0 Å². The van der Waals surface area contributed by atoms with E-state index in [1.165, 1.54) is 0 Å². The molecule has 0 amide bonds. The number of Topliss-reactive ketones (excluding diaryl/α,β-unsaturated/α-hetero) is 1. The largest absolute Gasteiger partial charge is 0.392 e. The van der Waals surface area contributed by atoms with Gasteiger partial charge < -0.3 is 5.11 Å². The Morgan fingerprint density at radius 1 is 1.17 bits per heavy atom. The first-order valence-electron chi connectivity index (χ1n) is 10.4. The molecule has 0 bridgehead atoms. The van der Waals surface area contributed by atoms with Crippen molar-refractivity contribution in [3.05, 3.63) is 59.7 Å². The lowest BCUT2D eigenvalue weighted by atomic mass is 9.66. The summed E-state index contributed by atoms with van der Waals surface area (Å²) in [7, 11) is -1.45. The van der Waals surface area contributed by atoms with Crippen LogP contribution in [0.25, 0.3) is 0 Å². The zero-order valence-corrected chi connectivity index (χ0v) is 18.8. The van der Waals surface area contributed by atoms with Gasteiger partial charge in [0, 0.05) is 22.1 Å². The number of carbonyl (C=O) groups is 1. The van der Waals surface area contributed by atoms with Crippen molar-refractivity contribution < 1.29 is 14.1 Å². The number of ketones is 1. The van der Waals surface area contributed by atoms with Gasteiger partial charge >= 0.3 is 0 Å². The lowest BCUT2D eigenvalue weighted by molar-refractivity contribution is -0.126. The first-order valence-corrected chi connectivity index (χ1v) is 11.6. The Morgan fingerprint density at radius 3 is 2.40 bits per heavy atom. The molecule has 1 N–H and O–H groups in total. The van der Waals surface area contributed by atoms with E-state index in [9.17, 15) is 19.4 Å². The molecule has 4 nitrogen and oxygen atoms in total. The number of aryl methyl sites for hydroxylation is 1. The molecule has 3 rings (SSSR count). The van der Waals surface area contributed by atoms with Gasteiger partial charge in [-0.2, -0.15) is 5.26 Å². The second kappa shape index (κ2) is 8.83. The predicted octanol–water partition coefficient (Wildman–Crippen LogP) is 4.56. The molecular weight excluding hydrogens is 394 g/mol. The number of carbonyl (C=O) groups excluding carboxylic acids is 1. The summed E-state index contributed by atoms with van der Waals surface area (Å²) in [5.41, 5.74) is 0.719. The molecule has 0 radical (unpaired) electrons. The van der Waals surface area contributed by atoms with Gasteiger partial charge in [-0.25, -0.2) is 4.21 Å². The average molecular weight is 424 g/mol. The number of aliphatic hydroxyl groups is 1. The van der Waals surface area contributed by atoms with Gasteiger partial charge in [-0.05, 0) is 55.9 Å². The fraction of sp³-hybridized carbons (Fsp3) is 0.440. The van der Waals surface area contributed by atoms with Gasteiger partial charge in [-0.1, -0.05) is 49.7 Å². The van der Waals surface area contributed by atoms with Crippen LogP contribution in [0.5, 0.6) is 0 Å². The number of rotatable bonds is 6. The minimum atomic E-state index is -1.45. The lowest BCUT2D eigenvalue weighted by Crippen LogP contribution is -2.42. The molecule has 0 heterocycles. The third-order valence-corrected chi connectivity index (χ3v) is 7.87. The Labute approximate surface area is 181 Å². The summed E-state index contributed by atoms with van der Waals surface area (Å²) in [6.07, 6.45) is 0.107. The van der Waals surface area contributed by atoms with Crippen molar-refractivity contribution in [2.24, 2.45) is 17.8 Å². The van der Waals surface area contributed by atoms with E-state index in [0.717, 1.165) is 5.56 Å². The Balaban J connectivity index is 2.09. The van der Waals surface area contributed by atoms with Crippen molar-refractivity contribution in [3.8, 4) is 6.07 Å². The molecule has 2 aromatic carbocycles. The molecular formula is C25H29NO3S. The van der Waals surface area contributed by atoms with Crippen molar-refractivity contribution in [2.45, 2.75) is 61.8 Å². The number of hydrogen-bond acceptors (Lipinski definition) is 4. The summed E-state index contributed by atoms with van der Waals surface area (Å²) in [6, 6.07) is 17.3. The second-order valence-corrected chi connectivity index (χ2v) is 10.2. The van der Waals surface area contributed by atoms with Gasteiger partial charge in [0.2, 0.25) is 0 Å². The minimum absolute atomic E-state index is 0.0137. The molecule has 1 aliphatic rings. The fourth-order valence-corrected chi connectivity index (χ4v) is 5.87. The maximum Gasteiger partial charge on any atom is 0.138 e. The molecule has 0 unspecified atom stereocenters. The Bertz CT molecular complexity index is 992. The zero-order valence-electron chi connectivity index (χ0n) is 18.0. The van der Waals surface area contributed by atoms with Crippen LogP contribution in [0, 0.1) is 36.0 Å². The van der Waals surface area contributed by atoms with Crippen molar-refractivity contribution in [1.29, 1.82) is 5.26 Å². The van der Waals surface area contributed by atoms with Crippen LogP contribution in [-0.2, 0) is 21.0 Å². The number of nitriles is 1. The highest BCUT2D eigenvalue weighted by atomic mass is 32.2. The number of aliphatic hydroxyl groups excluding tert-OH is 1. The normalized spacial score (nSPS) is 23.0. The number of hydrogen-bond donors (Lipinski definition) is 1. The third-order valence-electron chi connectivity index (χ3n) is 6.41. The highest BCUT2D eigenvalue weighted by Crippen LogP contribution is 2.47. The predicted molar refractivity (Wildman–Crippen MR) is 117 cm³/mol. The van der Waals surface area contributed by atoms with Crippen LogP contribution in [-0.4, -0.2) is 21.2 Å². The van der Waals surface area contributed by atoms with Crippen LogP contribution in [0.2, 0.25) is 0 Å². The number of nitrogens with zero attached hydrogens (tertiary/aromatic N) is 1. The molecule has 1 saturated carbocycles. The Hall–Kier alpha value is -2.29. The first-order chi connectivity index (χ1) is 14.2. The van der Waals surface area contributed by atoms with Gasteiger partial charge in [-0.15, -0.1) is 0 Å². The Morgan fingerprint density at radius 2 is 1.80 bits per heavy atom. The molecule has 0 aliphatic heterocycles. The summed E-state index contributed by atoms with van der Waals surface area (Å²) in [5.74, 6) is -0.988. The van der Waals surface area contributed by atoms with Gasteiger partial charge in [-0.3, -0.25) is 4.79 Å². The quantitative estimate of drug-likeness (QED) is 0.739. The molecule has 1 aliphatic carbocycles. The van der Waals surface area contributed by atoms with E-state index in [4.69, 9.17) is 0 Å². The molecule has 5 atom stereocenters. The van der Waals surface area contributed by atoms with Crippen LogP contribution in [0.1, 0.15) is 44.7 Å². The molecule has 0 saturated heterocycles. The average Bonchev–Trinajstić information content (AvgIpc) is 3.14. The zero-order chi connectivity index (χ0) is 22.1. The van der Waals surface area contributed by atoms with E-state index in [0.29, 0.717) is 28.2 Å². The van der Waals surface area contributed by atoms with Crippen molar-refractivity contribution in [3.63, 3.8) is 0 Å². The van der Waals surface area contributed by atoms with Crippen molar-refractivity contribution in [2.75, 3.05) is 0 Å². The molecule has 5 heteroatoms. The van der Waals surface area contributed by atoms with Gasteiger partial charge in [0.25, 0.3) is 0 Å².